The third kappa shape index (κ3) is 34.7. The van der Waals surface area contributed by atoms with E-state index in [2.05, 4.69) is 31.3 Å². The predicted octanol–water partition coefficient (Wildman–Crippen LogP) is 11.7. The lowest BCUT2D eigenvalue weighted by atomic mass is 10.0. The number of carbonyl (C=O) groups is 1. The van der Waals surface area contributed by atoms with Gasteiger partial charge in [-0.3, -0.25) is 4.79 Å². The third-order valence-corrected chi connectivity index (χ3v) is 9.83. The molecule has 0 aromatic carbocycles. The summed E-state index contributed by atoms with van der Waals surface area (Å²) in [6.45, 7) is 4.26. The van der Waals surface area contributed by atoms with Crippen LogP contribution in [0.5, 0.6) is 0 Å². The molecule has 47 heavy (non-hydrogen) atoms. The van der Waals surface area contributed by atoms with Gasteiger partial charge in [0.2, 0.25) is 5.91 Å². The van der Waals surface area contributed by atoms with Crippen LogP contribution in [-0.4, -0.2) is 46.1 Å². The Labute approximate surface area is 293 Å². The summed E-state index contributed by atoms with van der Waals surface area (Å²) in [5.74, 6) is -0.290. The lowest BCUT2D eigenvalue weighted by Crippen LogP contribution is -2.46. The van der Waals surface area contributed by atoms with Crippen molar-refractivity contribution in [3.05, 3.63) is 12.2 Å². The van der Waals surface area contributed by atoms with Crippen molar-refractivity contribution in [3.8, 4) is 0 Å². The maximum absolute atomic E-state index is 12.4. The number of amides is 1. The molecule has 3 unspecified atom stereocenters. The van der Waals surface area contributed by atoms with Gasteiger partial charge in [0.05, 0.1) is 31.3 Å². The molecule has 0 saturated carbocycles. The van der Waals surface area contributed by atoms with E-state index in [1.165, 1.54) is 154 Å². The molecule has 0 rings (SSSR count). The lowest BCUT2D eigenvalue weighted by molar-refractivity contribution is -0.125. The van der Waals surface area contributed by atoms with Crippen LogP contribution >= 0.6 is 0 Å². The van der Waals surface area contributed by atoms with Crippen LogP contribution in [0.3, 0.4) is 0 Å². The van der Waals surface area contributed by atoms with Crippen LogP contribution < -0.4 is 5.32 Å². The molecule has 0 aliphatic heterocycles. The van der Waals surface area contributed by atoms with Crippen molar-refractivity contribution in [1.82, 2.24) is 5.32 Å². The number of hydrogen-bond donors (Lipinski definition) is 4. The van der Waals surface area contributed by atoms with E-state index in [1.54, 1.807) is 0 Å². The van der Waals surface area contributed by atoms with Crippen molar-refractivity contribution in [2.24, 2.45) is 0 Å². The summed E-state index contributed by atoms with van der Waals surface area (Å²) in [4.78, 5) is 12.4. The fourth-order valence-electron chi connectivity index (χ4n) is 6.58. The first-order valence-electron chi connectivity index (χ1n) is 21.0. The lowest BCUT2D eigenvalue weighted by Gasteiger charge is -2.23. The molecule has 0 aromatic rings. The van der Waals surface area contributed by atoms with E-state index in [-0.39, 0.29) is 18.9 Å². The zero-order chi connectivity index (χ0) is 34.5. The summed E-state index contributed by atoms with van der Waals surface area (Å²) < 4.78 is 0. The summed E-state index contributed by atoms with van der Waals surface area (Å²) in [5, 5.41) is 33.3. The van der Waals surface area contributed by atoms with Gasteiger partial charge in [-0.05, 0) is 38.5 Å². The third-order valence-electron chi connectivity index (χ3n) is 9.83. The predicted molar refractivity (Wildman–Crippen MR) is 204 cm³/mol. The van der Waals surface area contributed by atoms with Crippen molar-refractivity contribution in [2.45, 2.75) is 244 Å². The number of rotatable bonds is 38. The standard InChI is InChI=1S/C42H83NO4/c1-3-5-7-9-11-13-15-17-19-21-23-25-27-29-31-33-35-39(45)37-42(47)43-40(38-44)41(46)36-34-32-30-28-26-24-22-20-18-16-14-12-10-8-6-4-2/h23,25,39-41,44-46H,3-22,24,26-38H2,1-2H3,(H,43,47)/b25-23-. The zero-order valence-corrected chi connectivity index (χ0v) is 31.7. The van der Waals surface area contributed by atoms with E-state index in [0.29, 0.717) is 12.8 Å². The number of hydrogen-bond acceptors (Lipinski definition) is 4. The minimum absolute atomic E-state index is 0.0287. The van der Waals surface area contributed by atoms with Crippen molar-refractivity contribution >= 4 is 5.91 Å². The van der Waals surface area contributed by atoms with Gasteiger partial charge in [0, 0.05) is 0 Å². The van der Waals surface area contributed by atoms with Gasteiger partial charge in [0.25, 0.3) is 0 Å². The van der Waals surface area contributed by atoms with Crippen LogP contribution in [0.1, 0.15) is 226 Å². The second-order valence-electron chi connectivity index (χ2n) is 14.6. The van der Waals surface area contributed by atoms with Crippen LogP contribution in [0.15, 0.2) is 12.2 Å². The van der Waals surface area contributed by atoms with Gasteiger partial charge in [0.1, 0.15) is 0 Å². The Morgan fingerprint density at radius 3 is 1.26 bits per heavy atom. The second-order valence-corrected chi connectivity index (χ2v) is 14.6. The monoisotopic (exact) mass is 666 g/mol. The number of aliphatic hydroxyl groups excluding tert-OH is 3. The Morgan fingerprint density at radius 1 is 0.511 bits per heavy atom. The molecule has 0 spiro atoms. The molecule has 0 saturated heterocycles. The van der Waals surface area contributed by atoms with Gasteiger partial charge < -0.3 is 20.6 Å². The Kier molecular flexibility index (Phi) is 37.2. The van der Waals surface area contributed by atoms with Crippen molar-refractivity contribution in [3.63, 3.8) is 0 Å². The average Bonchev–Trinajstić information content (AvgIpc) is 3.06. The minimum atomic E-state index is -0.749. The Balaban J connectivity index is 3.64. The molecular formula is C42H83NO4. The number of allylic oxidation sites excluding steroid dienone is 2. The second kappa shape index (κ2) is 37.9. The number of nitrogens with one attached hydrogen (secondary N) is 1. The molecule has 0 aliphatic carbocycles. The first-order chi connectivity index (χ1) is 23.0. The minimum Gasteiger partial charge on any atom is -0.394 e. The van der Waals surface area contributed by atoms with Crippen LogP contribution in [0.4, 0.5) is 0 Å². The van der Waals surface area contributed by atoms with E-state index >= 15 is 0 Å². The number of aliphatic hydroxyl groups is 3. The highest BCUT2D eigenvalue weighted by molar-refractivity contribution is 5.76. The molecule has 0 aromatic heterocycles. The average molecular weight is 666 g/mol. The molecule has 280 valence electrons. The molecule has 0 heterocycles. The van der Waals surface area contributed by atoms with Crippen LogP contribution in [0, 0.1) is 0 Å². The quantitative estimate of drug-likeness (QED) is 0.0390. The summed E-state index contributed by atoms with van der Waals surface area (Å²) in [6.07, 6.45) is 43.1. The molecule has 1 amide bonds. The smallest absolute Gasteiger partial charge is 0.222 e. The molecule has 0 radical (unpaired) electrons. The number of unbranched alkanes of at least 4 members (excludes halogenated alkanes) is 27. The molecule has 5 nitrogen and oxygen atoms in total. The summed E-state index contributed by atoms with van der Waals surface area (Å²) in [5.41, 5.74) is 0. The van der Waals surface area contributed by atoms with E-state index in [4.69, 9.17) is 0 Å². The molecule has 4 N–H and O–H groups in total. The van der Waals surface area contributed by atoms with E-state index < -0.39 is 18.2 Å². The van der Waals surface area contributed by atoms with Crippen LogP contribution in [-0.2, 0) is 4.79 Å². The van der Waals surface area contributed by atoms with Crippen LogP contribution in [0.25, 0.3) is 0 Å². The molecule has 0 fully saturated rings. The fraction of sp³-hybridized carbons (Fsp3) is 0.929. The largest absolute Gasteiger partial charge is 0.394 e. The SMILES string of the molecule is CCCCCCCCCCC/C=C\CCCCCC(O)CC(=O)NC(CO)C(O)CCCCCCCCCCCCCCCCCC. The highest BCUT2D eigenvalue weighted by Gasteiger charge is 2.21. The normalized spacial score (nSPS) is 13.7. The maximum atomic E-state index is 12.4. The van der Waals surface area contributed by atoms with Gasteiger partial charge in [-0.25, -0.2) is 0 Å². The van der Waals surface area contributed by atoms with Gasteiger partial charge in [0.15, 0.2) is 0 Å². The number of carbonyl (C=O) groups excluding carboxylic acids is 1. The Morgan fingerprint density at radius 2 is 0.851 bits per heavy atom. The van der Waals surface area contributed by atoms with Crippen molar-refractivity contribution in [2.75, 3.05) is 6.61 Å². The fourth-order valence-corrected chi connectivity index (χ4v) is 6.58. The van der Waals surface area contributed by atoms with Gasteiger partial charge in [-0.1, -0.05) is 193 Å². The molecule has 5 heteroatoms. The Bertz CT molecular complexity index is 655. The van der Waals surface area contributed by atoms with E-state index in [0.717, 1.165) is 38.5 Å². The van der Waals surface area contributed by atoms with Crippen LogP contribution in [0.2, 0.25) is 0 Å². The highest BCUT2D eigenvalue weighted by atomic mass is 16.3. The Hall–Kier alpha value is -0.910. The first-order valence-corrected chi connectivity index (χ1v) is 21.0. The maximum Gasteiger partial charge on any atom is 0.222 e. The summed E-state index contributed by atoms with van der Waals surface area (Å²) >= 11 is 0. The van der Waals surface area contributed by atoms with Gasteiger partial charge in [-0.2, -0.15) is 0 Å². The summed E-state index contributed by atoms with van der Waals surface area (Å²) in [6, 6.07) is -0.659. The molecule has 0 aliphatic rings. The van der Waals surface area contributed by atoms with Crippen molar-refractivity contribution < 1.29 is 20.1 Å². The van der Waals surface area contributed by atoms with E-state index in [9.17, 15) is 20.1 Å². The first kappa shape index (κ1) is 46.1. The zero-order valence-electron chi connectivity index (χ0n) is 31.7. The van der Waals surface area contributed by atoms with E-state index in [1.807, 2.05) is 0 Å². The summed E-state index contributed by atoms with van der Waals surface area (Å²) in [7, 11) is 0. The molecular weight excluding hydrogens is 582 g/mol. The van der Waals surface area contributed by atoms with Gasteiger partial charge in [-0.15, -0.1) is 0 Å². The molecule has 0 bridgehead atoms. The van der Waals surface area contributed by atoms with Gasteiger partial charge >= 0.3 is 0 Å². The molecule has 3 atom stereocenters. The van der Waals surface area contributed by atoms with Crippen molar-refractivity contribution in [1.29, 1.82) is 0 Å². The topological polar surface area (TPSA) is 89.8 Å². The highest BCUT2D eigenvalue weighted by Crippen LogP contribution is 2.16.